The SMILES string of the molecule is CN(c1cc(C#N)cnn1)C1CCC1. The smallest absolute Gasteiger partial charge is 0.152 e. The van der Waals surface area contributed by atoms with Crippen LogP contribution < -0.4 is 4.90 Å². The fourth-order valence-electron chi connectivity index (χ4n) is 1.55. The fourth-order valence-corrected chi connectivity index (χ4v) is 1.55. The maximum atomic E-state index is 8.72. The lowest BCUT2D eigenvalue weighted by Crippen LogP contribution is -2.37. The topological polar surface area (TPSA) is 52.8 Å². The van der Waals surface area contributed by atoms with Crippen LogP contribution in [0.15, 0.2) is 12.3 Å². The van der Waals surface area contributed by atoms with E-state index in [9.17, 15) is 0 Å². The van der Waals surface area contributed by atoms with Crippen molar-refractivity contribution in [2.24, 2.45) is 0 Å². The van der Waals surface area contributed by atoms with Crippen LogP contribution in [0.3, 0.4) is 0 Å². The fraction of sp³-hybridized carbons (Fsp3) is 0.500. The van der Waals surface area contributed by atoms with E-state index < -0.39 is 0 Å². The van der Waals surface area contributed by atoms with Crippen molar-refractivity contribution in [2.75, 3.05) is 11.9 Å². The van der Waals surface area contributed by atoms with Crippen LogP contribution in [0.5, 0.6) is 0 Å². The molecular formula is C10H12N4. The molecule has 0 N–H and O–H groups in total. The number of nitriles is 1. The second-order valence-corrected chi connectivity index (χ2v) is 3.61. The van der Waals surface area contributed by atoms with Gasteiger partial charge in [0.15, 0.2) is 5.82 Å². The van der Waals surface area contributed by atoms with Crippen molar-refractivity contribution in [1.29, 1.82) is 5.26 Å². The number of hydrogen-bond acceptors (Lipinski definition) is 4. The molecule has 14 heavy (non-hydrogen) atoms. The van der Waals surface area contributed by atoms with Crippen LogP contribution in [0.25, 0.3) is 0 Å². The van der Waals surface area contributed by atoms with Crippen molar-refractivity contribution in [1.82, 2.24) is 10.2 Å². The molecule has 0 spiro atoms. The van der Waals surface area contributed by atoms with Gasteiger partial charge in [0.1, 0.15) is 6.07 Å². The molecule has 2 rings (SSSR count). The van der Waals surface area contributed by atoms with Gasteiger partial charge in [0.05, 0.1) is 11.8 Å². The first kappa shape index (κ1) is 8.95. The minimum absolute atomic E-state index is 0.571. The molecule has 0 bridgehead atoms. The molecule has 1 aromatic heterocycles. The summed E-state index contributed by atoms with van der Waals surface area (Å²) in [6, 6.07) is 4.43. The molecule has 0 radical (unpaired) electrons. The van der Waals surface area contributed by atoms with Crippen LogP contribution >= 0.6 is 0 Å². The monoisotopic (exact) mass is 188 g/mol. The van der Waals surface area contributed by atoms with Crippen molar-refractivity contribution >= 4 is 5.82 Å². The van der Waals surface area contributed by atoms with Crippen LogP contribution in [0.4, 0.5) is 5.82 Å². The quantitative estimate of drug-likeness (QED) is 0.702. The summed E-state index contributed by atoms with van der Waals surface area (Å²) < 4.78 is 0. The van der Waals surface area contributed by atoms with Gasteiger partial charge in [-0.2, -0.15) is 10.4 Å². The Bertz CT molecular complexity index is 365. The summed E-state index contributed by atoms with van der Waals surface area (Å²) in [6.45, 7) is 0. The van der Waals surface area contributed by atoms with E-state index in [0.717, 1.165) is 5.82 Å². The Morgan fingerprint density at radius 2 is 2.36 bits per heavy atom. The van der Waals surface area contributed by atoms with Crippen LogP contribution in [0.1, 0.15) is 24.8 Å². The first-order chi connectivity index (χ1) is 6.81. The highest BCUT2D eigenvalue weighted by atomic mass is 15.3. The van der Waals surface area contributed by atoms with E-state index in [4.69, 9.17) is 5.26 Å². The molecule has 1 aromatic rings. The second kappa shape index (κ2) is 3.62. The largest absolute Gasteiger partial charge is 0.355 e. The molecule has 72 valence electrons. The highest BCUT2D eigenvalue weighted by Gasteiger charge is 2.23. The summed E-state index contributed by atoms with van der Waals surface area (Å²) >= 11 is 0. The molecular weight excluding hydrogens is 176 g/mol. The van der Waals surface area contributed by atoms with Crippen molar-refractivity contribution in [3.05, 3.63) is 17.8 Å². The van der Waals surface area contributed by atoms with Gasteiger partial charge in [0.25, 0.3) is 0 Å². The average Bonchev–Trinajstić information content (AvgIpc) is 2.15. The van der Waals surface area contributed by atoms with Gasteiger partial charge in [-0.1, -0.05) is 0 Å². The van der Waals surface area contributed by atoms with Crippen LogP contribution in [0, 0.1) is 11.3 Å². The number of nitrogens with zero attached hydrogens (tertiary/aromatic N) is 4. The maximum absolute atomic E-state index is 8.72. The molecule has 0 atom stereocenters. The molecule has 0 aliphatic heterocycles. The number of aromatic nitrogens is 2. The van der Waals surface area contributed by atoms with E-state index in [0.29, 0.717) is 11.6 Å². The molecule has 4 nitrogen and oxygen atoms in total. The Labute approximate surface area is 83.2 Å². The molecule has 0 amide bonds. The third-order valence-electron chi connectivity index (χ3n) is 2.75. The third-order valence-corrected chi connectivity index (χ3v) is 2.75. The van der Waals surface area contributed by atoms with Gasteiger partial charge in [-0.15, -0.1) is 5.10 Å². The van der Waals surface area contributed by atoms with E-state index in [-0.39, 0.29) is 0 Å². The Balaban J connectivity index is 2.18. The zero-order valence-electron chi connectivity index (χ0n) is 8.14. The van der Waals surface area contributed by atoms with Gasteiger partial charge in [0.2, 0.25) is 0 Å². The molecule has 1 fully saturated rings. The van der Waals surface area contributed by atoms with Gasteiger partial charge in [-0.25, -0.2) is 0 Å². The second-order valence-electron chi connectivity index (χ2n) is 3.61. The Morgan fingerprint density at radius 1 is 1.57 bits per heavy atom. The van der Waals surface area contributed by atoms with Gasteiger partial charge < -0.3 is 4.90 Å². The summed E-state index contributed by atoms with van der Waals surface area (Å²) in [7, 11) is 2.01. The van der Waals surface area contributed by atoms with E-state index in [1.54, 1.807) is 6.07 Å². The highest BCUT2D eigenvalue weighted by molar-refractivity contribution is 5.43. The predicted molar refractivity (Wildman–Crippen MR) is 52.8 cm³/mol. The van der Waals surface area contributed by atoms with E-state index in [2.05, 4.69) is 21.2 Å². The zero-order chi connectivity index (χ0) is 9.97. The zero-order valence-corrected chi connectivity index (χ0v) is 8.14. The van der Waals surface area contributed by atoms with Gasteiger partial charge >= 0.3 is 0 Å². The number of rotatable bonds is 2. The van der Waals surface area contributed by atoms with Crippen LogP contribution in [-0.2, 0) is 0 Å². The number of hydrogen-bond donors (Lipinski definition) is 0. The first-order valence-corrected chi connectivity index (χ1v) is 4.77. The minimum atomic E-state index is 0.571. The molecule has 1 heterocycles. The molecule has 0 saturated heterocycles. The molecule has 0 aromatic carbocycles. The molecule has 1 aliphatic rings. The highest BCUT2D eigenvalue weighted by Crippen LogP contribution is 2.26. The van der Waals surface area contributed by atoms with Gasteiger partial charge in [-0.05, 0) is 19.3 Å². The third kappa shape index (κ3) is 1.53. The lowest BCUT2D eigenvalue weighted by atomic mass is 9.92. The molecule has 4 heteroatoms. The average molecular weight is 188 g/mol. The van der Waals surface area contributed by atoms with E-state index in [1.165, 1.54) is 25.5 Å². The first-order valence-electron chi connectivity index (χ1n) is 4.77. The van der Waals surface area contributed by atoms with E-state index >= 15 is 0 Å². The molecule has 1 saturated carbocycles. The van der Waals surface area contributed by atoms with Gasteiger partial charge in [0, 0.05) is 19.2 Å². The summed E-state index contributed by atoms with van der Waals surface area (Å²) in [5.41, 5.74) is 0.571. The Kier molecular flexibility index (Phi) is 2.32. The van der Waals surface area contributed by atoms with Gasteiger partial charge in [-0.3, -0.25) is 0 Å². The molecule has 1 aliphatic carbocycles. The van der Waals surface area contributed by atoms with Crippen LogP contribution in [0.2, 0.25) is 0 Å². The minimum Gasteiger partial charge on any atom is -0.355 e. The predicted octanol–water partition coefficient (Wildman–Crippen LogP) is 1.34. The summed E-state index contributed by atoms with van der Waals surface area (Å²) in [6.07, 6.45) is 5.21. The van der Waals surface area contributed by atoms with E-state index in [1.807, 2.05) is 7.05 Å². The van der Waals surface area contributed by atoms with Crippen molar-refractivity contribution in [3.8, 4) is 6.07 Å². The maximum Gasteiger partial charge on any atom is 0.152 e. The van der Waals surface area contributed by atoms with Crippen LogP contribution in [-0.4, -0.2) is 23.3 Å². The van der Waals surface area contributed by atoms with Crippen molar-refractivity contribution < 1.29 is 0 Å². The Hall–Kier alpha value is -1.63. The lowest BCUT2D eigenvalue weighted by molar-refractivity contribution is 0.398. The van der Waals surface area contributed by atoms with Crippen molar-refractivity contribution in [3.63, 3.8) is 0 Å². The normalized spacial score (nSPS) is 15.7. The van der Waals surface area contributed by atoms with Crippen molar-refractivity contribution in [2.45, 2.75) is 25.3 Å². The molecule has 0 unspecified atom stereocenters. The summed E-state index contributed by atoms with van der Waals surface area (Å²) in [5, 5.41) is 16.5. The standard InChI is InChI=1S/C10H12N4/c1-14(9-3-2-4-9)10-5-8(6-11)7-12-13-10/h5,7,9H,2-4H2,1H3. The number of anilines is 1. The Morgan fingerprint density at radius 3 is 2.93 bits per heavy atom. The summed E-state index contributed by atoms with van der Waals surface area (Å²) in [4.78, 5) is 2.11. The summed E-state index contributed by atoms with van der Waals surface area (Å²) in [5.74, 6) is 0.800. The lowest BCUT2D eigenvalue weighted by Gasteiger charge is -2.35.